The Morgan fingerprint density at radius 2 is 2.29 bits per heavy atom. The molecule has 0 unspecified atom stereocenters. The Kier molecular flexibility index (Phi) is 2.54. The van der Waals surface area contributed by atoms with Gasteiger partial charge in [-0.25, -0.2) is 0 Å². The molecule has 5 nitrogen and oxygen atoms in total. The van der Waals surface area contributed by atoms with Gasteiger partial charge in [-0.3, -0.25) is 0 Å². The van der Waals surface area contributed by atoms with E-state index in [0.717, 1.165) is 5.56 Å². The van der Waals surface area contributed by atoms with Crippen LogP contribution in [0.25, 0.3) is 0 Å². The molecule has 1 N–H and O–H groups in total. The van der Waals surface area contributed by atoms with E-state index in [4.69, 9.17) is 7.25 Å². The topological polar surface area (TPSA) is 64.6 Å². The van der Waals surface area contributed by atoms with Crippen LogP contribution in [0.4, 0.5) is 0 Å². The minimum Gasteiger partial charge on any atom is -0.428 e. The normalized spacial score (nSPS) is 18.1. The molecule has 1 heterocycles. The SMILES string of the molecule is O=S1(=O)NCc2cc(OI)ccc2O1. The molecule has 0 fully saturated rings. The van der Waals surface area contributed by atoms with Crippen LogP contribution in [0.1, 0.15) is 5.56 Å². The number of hydrogen-bond acceptors (Lipinski definition) is 4. The zero-order chi connectivity index (χ0) is 10.2. The summed E-state index contributed by atoms with van der Waals surface area (Å²) in [6.07, 6.45) is 0. The van der Waals surface area contributed by atoms with Gasteiger partial charge in [-0.1, -0.05) is 0 Å². The summed E-state index contributed by atoms with van der Waals surface area (Å²) in [6, 6.07) is 4.94. The van der Waals surface area contributed by atoms with E-state index < -0.39 is 10.3 Å². The smallest absolute Gasteiger partial charge is 0.382 e. The van der Waals surface area contributed by atoms with Crippen LogP contribution < -0.4 is 12.0 Å². The molecule has 0 atom stereocenters. The van der Waals surface area contributed by atoms with Crippen molar-refractivity contribution < 1.29 is 15.7 Å². The number of hydrogen-bond donors (Lipinski definition) is 1. The summed E-state index contributed by atoms with van der Waals surface area (Å²) >= 11 is 1.76. The molecular formula is C7H6INO4S. The van der Waals surface area contributed by atoms with Gasteiger partial charge in [-0.2, -0.15) is 13.1 Å². The van der Waals surface area contributed by atoms with Crippen molar-refractivity contribution in [2.75, 3.05) is 0 Å². The van der Waals surface area contributed by atoms with E-state index in [1.807, 2.05) is 0 Å². The molecule has 2 rings (SSSR count). The largest absolute Gasteiger partial charge is 0.428 e. The average Bonchev–Trinajstić information content (AvgIpc) is 2.16. The number of halogens is 1. The van der Waals surface area contributed by atoms with Gasteiger partial charge in [0.15, 0.2) is 23.0 Å². The molecule has 0 aliphatic carbocycles. The van der Waals surface area contributed by atoms with Crippen LogP contribution in [0.3, 0.4) is 0 Å². The highest BCUT2D eigenvalue weighted by atomic mass is 127. The van der Waals surface area contributed by atoms with Crippen LogP contribution in [0.5, 0.6) is 11.5 Å². The Hall–Kier alpha value is -0.540. The maximum Gasteiger partial charge on any atom is 0.382 e. The number of rotatable bonds is 1. The third kappa shape index (κ3) is 1.93. The van der Waals surface area contributed by atoms with Crippen molar-refractivity contribution in [2.24, 2.45) is 0 Å². The fourth-order valence-electron chi connectivity index (χ4n) is 1.14. The number of benzene rings is 1. The van der Waals surface area contributed by atoms with Gasteiger partial charge < -0.3 is 7.25 Å². The van der Waals surface area contributed by atoms with Gasteiger partial charge >= 0.3 is 10.3 Å². The second kappa shape index (κ2) is 3.55. The van der Waals surface area contributed by atoms with Gasteiger partial charge in [0.1, 0.15) is 11.5 Å². The molecule has 1 aromatic carbocycles. The fourth-order valence-corrected chi connectivity index (χ4v) is 2.20. The molecule has 1 aliphatic rings. The summed E-state index contributed by atoms with van der Waals surface area (Å²) in [7, 11) is -3.61. The van der Waals surface area contributed by atoms with E-state index in [1.54, 1.807) is 41.2 Å². The first-order valence-corrected chi connectivity index (χ1v) is 6.00. The van der Waals surface area contributed by atoms with Gasteiger partial charge in [0, 0.05) is 12.1 Å². The van der Waals surface area contributed by atoms with E-state index in [9.17, 15) is 8.42 Å². The predicted octanol–water partition coefficient (Wildman–Crippen LogP) is 1.14. The van der Waals surface area contributed by atoms with Crippen molar-refractivity contribution >= 4 is 33.3 Å². The zero-order valence-corrected chi connectivity index (χ0v) is 9.83. The van der Waals surface area contributed by atoms with E-state index in [1.165, 1.54) is 0 Å². The predicted molar refractivity (Wildman–Crippen MR) is 57.5 cm³/mol. The highest BCUT2D eigenvalue weighted by Gasteiger charge is 2.21. The molecule has 0 spiro atoms. The Bertz CT molecular complexity index is 459. The van der Waals surface area contributed by atoms with Crippen LogP contribution >= 0.6 is 23.0 Å². The Labute approximate surface area is 95.4 Å². The van der Waals surface area contributed by atoms with Crippen LogP contribution in [0.15, 0.2) is 18.2 Å². The van der Waals surface area contributed by atoms with Crippen LogP contribution in [-0.4, -0.2) is 8.42 Å². The molecule has 0 radical (unpaired) electrons. The minimum atomic E-state index is -3.61. The number of nitrogens with one attached hydrogen (secondary N) is 1. The van der Waals surface area contributed by atoms with Crippen LogP contribution in [0.2, 0.25) is 0 Å². The molecule has 0 amide bonds. The molecular weight excluding hydrogens is 321 g/mol. The molecule has 14 heavy (non-hydrogen) atoms. The minimum absolute atomic E-state index is 0.228. The van der Waals surface area contributed by atoms with E-state index in [2.05, 4.69) is 4.72 Å². The van der Waals surface area contributed by atoms with Gasteiger partial charge in [0.25, 0.3) is 0 Å². The zero-order valence-electron chi connectivity index (χ0n) is 6.86. The summed E-state index contributed by atoms with van der Waals surface area (Å²) in [6.45, 7) is 0.228. The molecule has 0 aromatic heterocycles. The van der Waals surface area contributed by atoms with Gasteiger partial charge in [0.2, 0.25) is 0 Å². The third-order valence-corrected chi connectivity index (χ3v) is 3.17. The maximum atomic E-state index is 11.0. The quantitative estimate of drug-likeness (QED) is 0.786. The molecule has 76 valence electrons. The lowest BCUT2D eigenvalue weighted by Gasteiger charge is -2.17. The average molecular weight is 327 g/mol. The Morgan fingerprint density at radius 3 is 3.00 bits per heavy atom. The van der Waals surface area contributed by atoms with Gasteiger partial charge in [-0.05, 0) is 18.2 Å². The lowest BCUT2D eigenvalue weighted by atomic mass is 10.2. The fraction of sp³-hybridized carbons (Fsp3) is 0.143. The second-order valence-corrected chi connectivity index (χ2v) is 4.51. The molecule has 1 aliphatic heterocycles. The van der Waals surface area contributed by atoms with Gasteiger partial charge in [0.05, 0.1) is 0 Å². The molecule has 1 aromatic rings. The van der Waals surface area contributed by atoms with Crippen molar-refractivity contribution in [2.45, 2.75) is 6.54 Å². The lowest BCUT2D eigenvalue weighted by molar-refractivity contribution is 0.453. The standard InChI is InChI=1S/C7H6INO4S/c8-12-6-1-2-7-5(3-6)4-9-14(10,11)13-7/h1-3,9H,4H2. The highest BCUT2D eigenvalue weighted by Crippen LogP contribution is 2.28. The maximum absolute atomic E-state index is 11.0. The second-order valence-electron chi connectivity index (χ2n) is 2.71. The van der Waals surface area contributed by atoms with Crippen LogP contribution in [-0.2, 0) is 16.8 Å². The van der Waals surface area contributed by atoms with Crippen molar-refractivity contribution in [3.63, 3.8) is 0 Å². The number of fused-ring (bicyclic) bond motifs is 1. The highest BCUT2D eigenvalue weighted by molar-refractivity contribution is 14.1. The molecule has 0 saturated carbocycles. The molecule has 0 saturated heterocycles. The first-order chi connectivity index (χ1) is 6.61. The van der Waals surface area contributed by atoms with Gasteiger partial charge in [-0.15, -0.1) is 0 Å². The summed E-state index contributed by atoms with van der Waals surface area (Å²) in [5.41, 5.74) is 0.758. The molecule has 7 heteroatoms. The summed E-state index contributed by atoms with van der Waals surface area (Å²) in [5.74, 6) is 1.01. The summed E-state index contributed by atoms with van der Waals surface area (Å²) in [5, 5.41) is 0. The van der Waals surface area contributed by atoms with E-state index in [-0.39, 0.29) is 6.54 Å². The Balaban J connectivity index is 2.42. The van der Waals surface area contributed by atoms with Crippen LogP contribution in [0, 0.1) is 0 Å². The lowest BCUT2D eigenvalue weighted by Crippen LogP contribution is -2.32. The summed E-state index contributed by atoms with van der Waals surface area (Å²) in [4.78, 5) is 0. The first-order valence-electron chi connectivity index (χ1n) is 3.71. The third-order valence-electron chi connectivity index (χ3n) is 1.76. The Morgan fingerprint density at radius 1 is 1.50 bits per heavy atom. The first kappa shape index (κ1) is 9.99. The van der Waals surface area contributed by atoms with Crippen molar-refractivity contribution in [1.82, 2.24) is 4.72 Å². The summed E-state index contributed by atoms with van der Waals surface area (Å²) < 4.78 is 34.0. The van der Waals surface area contributed by atoms with E-state index in [0.29, 0.717) is 11.5 Å². The van der Waals surface area contributed by atoms with Crippen molar-refractivity contribution in [1.29, 1.82) is 0 Å². The monoisotopic (exact) mass is 327 g/mol. The van der Waals surface area contributed by atoms with E-state index >= 15 is 0 Å². The van der Waals surface area contributed by atoms with Crippen molar-refractivity contribution in [3.8, 4) is 11.5 Å². The van der Waals surface area contributed by atoms with Crippen molar-refractivity contribution in [3.05, 3.63) is 23.8 Å². The molecule has 0 bridgehead atoms.